The van der Waals surface area contributed by atoms with Crippen LogP contribution in [-0.2, 0) is 17.6 Å². The van der Waals surface area contributed by atoms with E-state index in [2.05, 4.69) is 37.3 Å². The molecule has 2 unspecified atom stereocenters. The number of rotatable bonds is 7. The average Bonchev–Trinajstić information content (AvgIpc) is 2.81. The smallest absolute Gasteiger partial charge is 0.237 e. The highest BCUT2D eigenvalue weighted by Crippen LogP contribution is 2.22. The summed E-state index contributed by atoms with van der Waals surface area (Å²) < 4.78 is 2.03. The fourth-order valence-electron chi connectivity index (χ4n) is 2.31. The number of nitrogens with two attached hydrogens (primary N) is 1. The summed E-state index contributed by atoms with van der Waals surface area (Å²) in [5.41, 5.74) is 7.07. The number of carbonyl (C=O) groups excluding carboxylic acids is 1. The van der Waals surface area contributed by atoms with Gasteiger partial charge in [-0.1, -0.05) is 13.8 Å². The van der Waals surface area contributed by atoms with Gasteiger partial charge in [0.2, 0.25) is 5.91 Å². The Morgan fingerprint density at radius 1 is 1.53 bits per heavy atom. The van der Waals surface area contributed by atoms with Crippen molar-refractivity contribution in [2.75, 3.05) is 7.05 Å². The number of aromatic nitrogens is 2. The maximum Gasteiger partial charge on any atom is 0.237 e. The third kappa shape index (κ3) is 3.35. The molecule has 0 radical (unpaired) electrons. The molecule has 1 amide bonds. The van der Waals surface area contributed by atoms with E-state index in [1.807, 2.05) is 11.6 Å². The summed E-state index contributed by atoms with van der Waals surface area (Å²) in [4.78, 5) is 11.6. The molecule has 1 aromatic rings. The number of primary amides is 1. The fourth-order valence-corrected chi connectivity index (χ4v) is 2.31. The van der Waals surface area contributed by atoms with Crippen LogP contribution in [0.4, 0.5) is 0 Å². The molecule has 0 aliphatic carbocycles. The Bertz CT molecular complexity index is 441. The average molecular weight is 266 g/mol. The van der Waals surface area contributed by atoms with E-state index in [1.54, 1.807) is 7.05 Å². The molecule has 1 heterocycles. The molecule has 5 heteroatoms. The van der Waals surface area contributed by atoms with E-state index in [-0.39, 0.29) is 11.9 Å². The van der Waals surface area contributed by atoms with E-state index in [0.29, 0.717) is 6.42 Å². The quantitative estimate of drug-likeness (QED) is 0.784. The number of hydrogen-bond acceptors (Lipinski definition) is 3. The monoisotopic (exact) mass is 266 g/mol. The molecular weight excluding hydrogens is 240 g/mol. The van der Waals surface area contributed by atoms with Crippen LogP contribution in [0.1, 0.15) is 51.5 Å². The number of aryl methyl sites for hydroxylation is 2. The van der Waals surface area contributed by atoms with Crippen LogP contribution in [0.2, 0.25) is 0 Å². The predicted molar refractivity (Wildman–Crippen MR) is 77.0 cm³/mol. The lowest BCUT2D eigenvalue weighted by molar-refractivity contribution is -0.124. The van der Waals surface area contributed by atoms with Crippen LogP contribution < -0.4 is 11.1 Å². The maximum absolute atomic E-state index is 11.6. The highest BCUT2D eigenvalue weighted by Gasteiger charge is 2.32. The van der Waals surface area contributed by atoms with Crippen molar-refractivity contribution in [3.05, 3.63) is 17.5 Å². The maximum atomic E-state index is 11.6. The molecule has 0 aliphatic heterocycles. The van der Waals surface area contributed by atoms with Crippen LogP contribution in [0.25, 0.3) is 0 Å². The number of likely N-dealkylation sites (N-methyl/N-ethyl adjacent to an activating group) is 1. The zero-order valence-corrected chi connectivity index (χ0v) is 12.7. The van der Waals surface area contributed by atoms with Crippen LogP contribution in [-0.4, -0.2) is 28.3 Å². The molecule has 1 rings (SSSR count). The van der Waals surface area contributed by atoms with Gasteiger partial charge in [-0.15, -0.1) is 0 Å². The summed E-state index contributed by atoms with van der Waals surface area (Å²) >= 11 is 0. The summed E-state index contributed by atoms with van der Waals surface area (Å²) in [6.07, 6.45) is 2.48. The van der Waals surface area contributed by atoms with Gasteiger partial charge in [-0.05, 0) is 46.2 Å². The van der Waals surface area contributed by atoms with Gasteiger partial charge < -0.3 is 11.1 Å². The summed E-state index contributed by atoms with van der Waals surface area (Å²) in [7, 11) is 1.76. The molecule has 0 fully saturated rings. The second-order valence-corrected chi connectivity index (χ2v) is 5.28. The normalized spacial score (nSPS) is 16.1. The highest BCUT2D eigenvalue weighted by atomic mass is 16.1. The minimum Gasteiger partial charge on any atom is -0.368 e. The molecule has 5 nitrogen and oxygen atoms in total. The first-order valence-electron chi connectivity index (χ1n) is 6.94. The molecular formula is C14H26N4O. The van der Waals surface area contributed by atoms with Gasteiger partial charge in [0.15, 0.2) is 0 Å². The first-order valence-corrected chi connectivity index (χ1v) is 6.94. The number of nitrogens with one attached hydrogen (secondary N) is 1. The van der Waals surface area contributed by atoms with Crippen LogP contribution in [0, 0.1) is 0 Å². The lowest BCUT2D eigenvalue weighted by Crippen LogP contribution is -2.52. The van der Waals surface area contributed by atoms with Gasteiger partial charge in [-0.2, -0.15) is 5.10 Å². The van der Waals surface area contributed by atoms with E-state index >= 15 is 0 Å². The van der Waals surface area contributed by atoms with Gasteiger partial charge in [-0.25, -0.2) is 0 Å². The van der Waals surface area contributed by atoms with E-state index in [9.17, 15) is 4.79 Å². The lowest BCUT2D eigenvalue weighted by atomic mass is 9.93. The molecule has 19 heavy (non-hydrogen) atoms. The van der Waals surface area contributed by atoms with Crippen LogP contribution in [0.3, 0.4) is 0 Å². The zero-order valence-electron chi connectivity index (χ0n) is 12.7. The molecule has 2 atom stereocenters. The lowest BCUT2D eigenvalue weighted by Gasteiger charge is -2.29. The van der Waals surface area contributed by atoms with Crippen molar-refractivity contribution >= 4 is 5.91 Å². The Morgan fingerprint density at radius 3 is 2.58 bits per heavy atom. The van der Waals surface area contributed by atoms with Gasteiger partial charge in [0.25, 0.3) is 0 Å². The van der Waals surface area contributed by atoms with Crippen molar-refractivity contribution in [1.82, 2.24) is 15.1 Å². The Labute approximate surface area is 115 Å². The van der Waals surface area contributed by atoms with Gasteiger partial charge in [0.05, 0.1) is 17.3 Å². The number of nitrogens with zero attached hydrogens (tertiary/aromatic N) is 2. The van der Waals surface area contributed by atoms with Crippen LogP contribution >= 0.6 is 0 Å². The molecule has 0 bridgehead atoms. The molecule has 1 aromatic heterocycles. The van der Waals surface area contributed by atoms with Gasteiger partial charge >= 0.3 is 0 Å². The molecule has 0 saturated heterocycles. The van der Waals surface area contributed by atoms with Crippen molar-refractivity contribution in [1.29, 1.82) is 0 Å². The molecule has 0 aromatic carbocycles. The highest BCUT2D eigenvalue weighted by molar-refractivity contribution is 5.84. The van der Waals surface area contributed by atoms with Crippen LogP contribution in [0.5, 0.6) is 0 Å². The molecule has 0 saturated carbocycles. The van der Waals surface area contributed by atoms with Crippen molar-refractivity contribution in [3.8, 4) is 0 Å². The largest absolute Gasteiger partial charge is 0.368 e. The predicted octanol–water partition coefficient (Wildman–Crippen LogP) is 1.42. The van der Waals surface area contributed by atoms with Crippen molar-refractivity contribution in [3.63, 3.8) is 0 Å². The second kappa shape index (κ2) is 6.19. The Kier molecular flexibility index (Phi) is 5.11. The van der Waals surface area contributed by atoms with Gasteiger partial charge in [0, 0.05) is 5.69 Å². The Morgan fingerprint density at radius 2 is 2.16 bits per heavy atom. The van der Waals surface area contributed by atoms with E-state index in [1.165, 1.54) is 5.69 Å². The minimum atomic E-state index is -0.706. The Balaban J connectivity index is 2.97. The third-order valence-electron chi connectivity index (χ3n) is 3.80. The third-order valence-corrected chi connectivity index (χ3v) is 3.80. The summed E-state index contributed by atoms with van der Waals surface area (Å²) in [5.74, 6) is -0.331. The standard InChI is InChI=1S/C14H26N4O/c1-6-11-8-12(7-2)18(17-11)10(3)9-14(4,16-5)13(15)19/h8,10,16H,6-7,9H2,1-5H3,(H2,15,19). The van der Waals surface area contributed by atoms with Crippen molar-refractivity contribution < 1.29 is 4.79 Å². The molecule has 0 aliphatic rings. The minimum absolute atomic E-state index is 0.125. The Hall–Kier alpha value is -1.36. The number of carbonyl (C=O) groups is 1. The summed E-state index contributed by atoms with van der Waals surface area (Å²) in [6.45, 7) is 8.12. The SMILES string of the molecule is CCc1cc(CC)n(C(C)CC(C)(NC)C(N)=O)n1. The van der Waals surface area contributed by atoms with Crippen LogP contribution in [0.15, 0.2) is 6.07 Å². The van der Waals surface area contributed by atoms with Crippen molar-refractivity contribution in [2.24, 2.45) is 5.73 Å². The second-order valence-electron chi connectivity index (χ2n) is 5.28. The molecule has 0 spiro atoms. The summed E-state index contributed by atoms with van der Waals surface area (Å²) in [6, 6.07) is 2.26. The fraction of sp³-hybridized carbons (Fsp3) is 0.714. The molecule has 108 valence electrons. The molecule has 3 N–H and O–H groups in total. The first-order chi connectivity index (χ1) is 8.87. The number of hydrogen-bond donors (Lipinski definition) is 2. The van der Waals surface area contributed by atoms with Gasteiger partial charge in [-0.3, -0.25) is 9.48 Å². The van der Waals surface area contributed by atoms with Crippen molar-refractivity contribution in [2.45, 2.75) is 58.5 Å². The van der Waals surface area contributed by atoms with E-state index < -0.39 is 5.54 Å². The van der Waals surface area contributed by atoms with E-state index in [4.69, 9.17) is 5.73 Å². The first kappa shape index (κ1) is 15.7. The topological polar surface area (TPSA) is 72.9 Å². The number of amides is 1. The zero-order chi connectivity index (χ0) is 14.6. The summed E-state index contributed by atoms with van der Waals surface area (Å²) in [5, 5.41) is 7.64. The van der Waals surface area contributed by atoms with Gasteiger partial charge in [0.1, 0.15) is 0 Å². The van der Waals surface area contributed by atoms with E-state index in [0.717, 1.165) is 18.5 Å².